The minimum absolute atomic E-state index is 0.0389. The molecule has 1 unspecified atom stereocenters. The predicted molar refractivity (Wildman–Crippen MR) is 128 cm³/mol. The van der Waals surface area contributed by atoms with Gasteiger partial charge < -0.3 is 15.5 Å². The molecular weight excluding hydrogens is 417 g/mol. The molecule has 0 radical (unpaired) electrons. The van der Waals surface area contributed by atoms with Gasteiger partial charge in [0.1, 0.15) is 11.6 Å². The van der Waals surface area contributed by atoms with Crippen LogP contribution in [0.5, 0.6) is 0 Å². The molecule has 3 aliphatic rings. The fourth-order valence-corrected chi connectivity index (χ4v) is 6.36. The van der Waals surface area contributed by atoms with Gasteiger partial charge in [-0.25, -0.2) is 9.37 Å². The zero-order chi connectivity index (χ0) is 23.1. The normalized spacial score (nSPS) is 26.2. The Labute approximate surface area is 195 Å². The highest BCUT2D eigenvalue weighted by Gasteiger charge is 2.44. The molecule has 2 aromatic rings. The lowest BCUT2D eigenvalue weighted by molar-refractivity contribution is 0.1000. The van der Waals surface area contributed by atoms with Gasteiger partial charge in [0.15, 0.2) is 0 Å². The molecule has 2 aliphatic heterocycles. The molecule has 33 heavy (non-hydrogen) atoms. The highest BCUT2D eigenvalue weighted by atomic mass is 19.1. The molecule has 176 valence electrons. The summed E-state index contributed by atoms with van der Waals surface area (Å²) in [6, 6.07) is 9.91. The van der Waals surface area contributed by atoms with Crippen LogP contribution in [0.2, 0.25) is 0 Å². The van der Waals surface area contributed by atoms with Gasteiger partial charge in [-0.2, -0.15) is 0 Å². The number of fused-ring (bicyclic) bond motifs is 1. The van der Waals surface area contributed by atoms with Gasteiger partial charge in [0.25, 0.3) is 0 Å². The maximum atomic E-state index is 14.7. The topological polar surface area (TPSA) is 65.7 Å². The molecule has 0 bridgehead atoms. The SMILES string of the molecule is CN(C)[C@H]1CN(C2CCc3cccc(F)c32)C[C@@H]1C1CCN(c2ccc(C(N)=O)cn2)CC1. The quantitative estimate of drug-likeness (QED) is 0.757. The first kappa shape index (κ1) is 22.3. The number of hydrogen-bond donors (Lipinski definition) is 1. The molecule has 5 rings (SSSR count). The maximum absolute atomic E-state index is 14.7. The third kappa shape index (κ3) is 4.24. The number of likely N-dealkylation sites (N-methyl/N-ethyl adjacent to an activating group) is 1. The van der Waals surface area contributed by atoms with Crippen molar-refractivity contribution in [1.82, 2.24) is 14.8 Å². The number of carbonyl (C=O) groups excluding carboxylic acids is 1. The van der Waals surface area contributed by atoms with E-state index in [-0.39, 0.29) is 11.9 Å². The van der Waals surface area contributed by atoms with E-state index in [1.54, 1.807) is 18.3 Å². The third-order valence-electron chi connectivity index (χ3n) is 8.13. The van der Waals surface area contributed by atoms with Crippen LogP contribution in [0.15, 0.2) is 36.5 Å². The van der Waals surface area contributed by atoms with Crippen molar-refractivity contribution in [2.75, 3.05) is 45.2 Å². The fourth-order valence-electron chi connectivity index (χ4n) is 6.36. The van der Waals surface area contributed by atoms with Crippen LogP contribution in [0.3, 0.4) is 0 Å². The smallest absolute Gasteiger partial charge is 0.250 e. The fraction of sp³-hybridized carbons (Fsp3) is 0.538. The second-order valence-corrected chi connectivity index (χ2v) is 10.1. The molecule has 3 heterocycles. The van der Waals surface area contributed by atoms with Crippen LogP contribution in [0.4, 0.5) is 10.2 Å². The van der Waals surface area contributed by atoms with Crippen molar-refractivity contribution in [2.45, 2.75) is 37.8 Å². The van der Waals surface area contributed by atoms with Crippen molar-refractivity contribution in [2.24, 2.45) is 17.6 Å². The van der Waals surface area contributed by atoms with Crippen molar-refractivity contribution < 1.29 is 9.18 Å². The minimum atomic E-state index is -0.446. The highest BCUT2D eigenvalue weighted by Crippen LogP contribution is 2.43. The Morgan fingerprint density at radius 2 is 1.91 bits per heavy atom. The minimum Gasteiger partial charge on any atom is -0.366 e. The van der Waals surface area contributed by atoms with Crippen LogP contribution in [0, 0.1) is 17.7 Å². The number of rotatable bonds is 5. The van der Waals surface area contributed by atoms with Crippen molar-refractivity contribution in [3.8, 4) is 0 Å². The number of primary amides is 1. The number of aryl methyl sites for hydroxylation is 1. The Bertz CT molecular complexity index is 1000. The number of aromatic nitrogens is 1. The van der Waals surface area contributed by atoms with E-state index < -0.39 is 5.91 Å². The Hall–Kier alpha value is -2.51. The number of carbonyl (C=O) groups is 1. The Morgan fingerprint density at radius 1 is 1.12 bits per heavy atom. The summed E-state index contributed by atoms with van der Waals surface area (Å²) in [4.78, 5) is 23.0. The van der Waals surface area contributed by atoms with Crippen LogP contribution >= 0.6 is 0 Å². The first-order valence-corrected chi connectivity index (χ1v) is 12.1. The van der Waals surface area contributed by atoms with Gasteiger partial charge >= 0.3 is 0 Å². The van der Waals surface area contributed by atoms with E-state index in [1.165, 1.54) is 5.56 Å². The molecule has 0 saturated carbocycles. The van der Waals surface area contributed by atoms with Crippen molar-refractivity contribution in [1.29, 1.82) is 0 Å². The van der Waals surface area contributed by atoms with Gasteiger partial charge in [-0.15, -0.1) is 0 Å². The van der Waals surface area contributed by atoms with Gasteiger partial charge in [-0.3, -0.25) is 9.69 Å². The van der Waals surface area contributed by atoms with E-state index in [2.05, 4.69) is 39.8 Å². The average molecular weight is 452 g/mol. The number of hydrogen-bond acceptors (Lipinski definition) is 5. The molecule has 1 aromatic heterocycles. The monoisotopic (exact) mass is 451 g/mol. The summed E-state index contributed by atoms with van der Waals surface area (Å²) >= 11 is 0. The number of likely N-dealkylation sites (tertiary alicyclic amines) is 1. The molecule has 1 aliphatic carbocycles. The van der Waals surface area contributed by atoms with E-state index in [0.29, 0.717) is 23.4 Å². The van der Waals surface area contributed by atoms with E-state index in [4.69, 9.17) is 5.73 Å². The predicted octanol–water partition coefficient (Wildman–Crippen LogP) is 3.09. The summed E-state index contributed by atoms with van der Waals surface area (Å²) in [6.45, 7) is 3.97. The molecule has 3 atom stereocenters. The molecule has 7 heteroatoms. The zero-order valence-corrected chi connectivity index (χ0v) is 19.6. The summed E-state index contributed by atoms with van der Waals surface area (Å²) in [7, 11) is 4.37. The summed E-state index contributed by atoms with van der Waals surface area (Å²) in [6.07, 6.45) is 5.81. The first-order chi connectivity index (χ1) is 15.9. The van der Waals surface area contributed by atoms with Crippen molar-refractivity contribution in [3.63, 3.8) is 0 Å². The summed E-state index contributed by atoms with van der Waals surface area (Å²) < 4.78 is 14.7. The Balaban J connectivity index is 1.26. The van der Waals surface area contributed by atoms with Crippen LogP contribution < -0.4 is 10.6 Å². The van der Waals surface area contributed by atoms with E-state index in [9.17, 15) is 9.18 Å². The number of anilines is 1. The van der Waals surface area contributed by atoms with E-state index in [0.717, 1.165) is 63.2 Å². The number of nitrogens with zero attached hydrogens (tertiary/aromatic N) is 4. The largest absolute Gasteiger partial charge is 0.366 e. The van der Waals surface area contributed by atoms with E-state index in [1.807, 2.05) is 12.1 Å². The number of benzene rings is 1. The second-order valence-electron chi connectivity index (χ2n) is 10.1. The molecule has 2 fully saturated rings. The molecule has 2 N–H and O–H groups in total. The average Bonchev–Trinajstić information content (AvgIpc) is 3.45. The lowest BCUT2D eigenvalue weighted by atomic mass is 9.81. The first-order valence-electron chi connectivity index (χ1n) is 12.1. The van der Waals surface area contributed by atoms with Crippen molar-refractivity contribution in [3.05, 3.63) is 59.0 Å². The van der Waals surface area contributed by atoms with Gasteiger partial charge in [-0.05, 0) is 75.4 Å². The highest BCUT2D eigenvalue weighted by molar-refractivity contribution is 5.92. The van der Waals surface area contributed by atoms with Crippen LogP contribution in [0.1, 0.15) is 46.8 Å². The Morgan fingerprint density at radius 3 is 2.58 bits per heavy atom. The van der Waals surface area contributed by atoms with Crippen LogP contribution in [0.25, 0.3) is 0 Å². The molecule has 1 amide bonds. The lowest BCUT2D eigenvalue weighted by Gasteiger charge is -2.38. The number of nitrogens with two attached hydrogens (primary N) is 1. The van der Waals surface area contributed by atoms with E-state index >= 15 is 0 Å². The van der Waals surface area contributed by atoms with Crippen molar-refractivity contribution >= 4 is 11.7 Å². The lowest BCUT2D eigenvalue weighted by Crippen LogP contribution is -2.43. The van der Waals surface area contributed by atoms with Crippen LogP contribution in [-0.4, -0.2) is 67.0 Å². The molecule has 1 aromatic carbocycles. The number of piperidine rings is 1. The number of halogens is 1. The van der Waals surface area contributed by atoms with Gasteiger partial charge in [0.2, 0.25) is 5.91 Å². The summed E-state index contributed by atoms with van der Waals surface area (Å²) in [5, 5.41) is 0. The summed E-state index contributed by atoms with van der Waals surface area (Å²) in [5.41, 5.74) is 7.91. The molecule has 2 saturated heterocycles. The van der Waals surface area contributed by atoms with Crippen LogP contribution in [-0.2, 0) is 6.42 Å². The molecule has 0 spiro atoms. The number of pyridine rings is 1. The summed E-state index contributed by atoms with van der Waals surface area (Å²) in [5.74, 6) is 1.66. The van der Waals surface area contributed by atoms with Gasteiger partial charge in [-0.1, -0.05) is 12.1 Å². The van der Waals surface area contributed by atoms with Gasteiger partial charge in [0.05, 0.1) is 5.56 Å². The Kier molecular flexibility index (Phi) is 6.10. The van der Waals surface area contributed by atoms with Gasteiger partial charge in [0, 0.05) is 50.0 Å². The molecular formula is C26H34FN5O. The standard InChI is InChI=1S/C26H34FN5O/c1-30(2)23-16-32(22-8-6-18-4-3-5-21(27)25(18)22)15-20(23)17-10-12-31(13-11-17)24-9-7-19(14-29-24)26(28)33/h3-5,7,9,14,17,20,22-23H,6,8,10-13,15-16H2,1-2H3,(H2,28,33)/t20-,22?,23+/m1/s1. The zero-order valence-electron chi connectivity index (χ0n) is 19.6. The number of amides is 1. The second kappa shape index (κ2) is 9.03. The maximum Gasteiger partial charge on any atom is 0.250 e. The third-order valence-corrected chi connectivity index (χ3v) is 8.13. The molecule has 6 nitrogen and oxygen atoms in total.